The van der Waals surface area contributed by atoms with E-state index in [1.807, 2.05) is 36.5 Å². The van der Waals surface area contributed by atoms with Gasteiger partial charge in [-0.05, 0) is 28.8 Å². The fourth-order valence-corrected chi connectivity index (χ4v) is 4.02. The SMILES string of the molecule is c1ccc(-c2c[nH]c(-c3ccccc3)c2-c2ccccc2)cc1.c1ccc2ncccc2c1. The number of aromatic nitrogens is 2. The summed E-state index contributed by atoms with van der Waals surface area (Å²) in [6, 6.07) is 43.7. The van der Waals surface area contributed by atoms with E-state index in [1.54, 1.807) is 0 Å². The molecular formula is C31H24N2. The zero-order chi connectivity index (χ0) is 22.3. The average Bonchev–Trinajstić information content (AvgIpc) is 3.36. The lowest BCUT2D eigenvalue weighted by Crippen LogP contribution is -1.84. The third-order valence-electron chi connectivity index (χ3n) is 5.60. The molecule has 2 heteroatoms. The Morgan fingerprint density at radius 1 is 0.485 bits per heavy atom. The number of rotatable bonds is 3. The van der Waals surface area contributed by atoms with E-state index in [1.165, 1.54) is 33.2 Å². The number of H-pyrrole nitrogens is 1. The van der Waals surface area contributed by atoms with Crippen LogP contribution in [0.25, 0.3) is 44.4 Å². The summed E-state index contributed by atoms with van der Waals surface area (Å²) in [5.74, 6) is 0. The van der Waals surface area contributed by atoms with Crippen molar-refractivity contribution in [3.63, 3.8) is 0 Å². The molecule has 0 radical (unpaired) electrons. The van der Waals surface area contributed by atoms with E-state index >= 15 is 0 Å². The van der Waals surface area contributed by atoms with Crippen LogP contribution in [0.15, 0.2) is 140 Å². The van der Waals surface area contributed by atoms with Gasteiger partial charge in [0.1, 0.15) is 0 Å². The van der Waals surface area contributed by atoms with Gasteiger partial charge in [-0.2, -0.15) is 0 Å². The topological polar surface area (TPSA) is 28.7 Å². The normalized spacial score (nSPS) is 10.4. The summed E-state index contributed by atoms with van der Waals surface area (Å²) in [5.41, 5.74) is 8.36. The molecule has 0 spiro atoms. The molecule has 0 atom stereocenters. The minimum absolute atomic E-state index is 1.06. The molecular weight excluding hydrogens is 400 g/mol. The zero-order valence-electron chi connectivity index (χ0n) is 18.2. The van der Waals surface area contributed by atoms with E-state index in [0.717, 1.165) is 11.2 Å². The maximum atomic E-state index is 4.18. The average molecular weight is 425 g/mol. The summed E-state index contributed by atoms with van der Waals surface area (Å²) in [6.45, 7) is 0. The van der Waals surface area contributed by atoms with Crippen LogP contribution >= 0.6 is 0 Å². The van der Waals surface area contributed by atoms with Gasteiger partial charge >= 0.3 is 0 Å². The molecule has 2 heterocycles. The molecule has 2 nitrogen and oxygen atoms in total. The van der Waals surface area contributed by atoms with Crippen molar-refractivity contribution in [2.75, 3.05) is 0 Å². The molecule has 0 fully saturated rings. The molecule has 0 bridgehead atoms. The van der Waals surface area contributed by atoms with Gasteiger partial charge in [0.25, 0.3) is 0 Å². The number of para-hydroxylation sites is 1. The first-order valence-electron chi connectivity index (χ1n) is 11.1. The summed E-state index contributed by atoms with van der Waals surface area (Å²) >= 11 is 0. The summed E-state index contributed by atoms with van der Waals surface area (Å²) < 4.78 is 0. The van der Waals surface area contributed by atoms with E-state index in [4.69, 9.17) is 0 Å². The standard InChI is InChI=1S/C22H17N.C9H7N/c1-4-10-17(11-5-1)20-16-23-22(19-14-8-3-9-15-19)21(20)18-12-6-2-7-13-18;1-2-6-9-8(4-1)5-3-7-10-9/h1-16,23H;1-7H. The number of hydrogen-bond donors (Lipinski definition) is 1. The molecule has 6 aromatic rings. The predicted octanol–water partition coefficient (Wildman–Crippen LogP) is 8.25. The number of fused-ring (bicyclic) bond motifs is 1. The second-order valence-corrected chi connectivity index (χ2v) is 7.75. The molecule has 1 N–H and O–H groups in total. The van der Waals surface area contributed by atoms with Gasteiger partial charge in [-0.25, -0.2) is 0 Å². The molecule has 33 heavy (non-hydrogen) atoms. The lowest BCUT2D eigenvalue weighted by Gasteiger charge is -2.09. The van der Waals surface area contributed by atoms with Crippen LogP contribution in [0.3, 0.4) is 0 Å². The summed E-state index contributed by atoms with van der Waals surface area (Å²) in [6.07, 6.45) is 3.92. The molecule has 0 aliphatic rings. The number of pyridine rings is 1. The van der Waals surface area contributed by atoms with Gasteiger partial charge in [0.2, 0.25) is 0 Å². The number of nitrogens with one attached hydrogen (secondary N) is 1. The molecule has 4 aromatic carbocycles. The highest BCUT2D eigenvalue weighted by atomic mass is 14.7. The van der Waals surface area contributed by atoms with Gasteiger partial charge in [-0.15, -0.1) is 0 Å². The van der Waals surface area contributed by atoms with Gasteiger partial charge in [-0.1, -0.05) is 115 Å². The first-order chi connectivity index (χ1) is 16.4. The molecule has 0 aliphatic carbocycles. The van der Waals surface area contributed by atoms with Crippen molar-refractivity contribution in [2.45, 2.75) is 0 Å². The quantitative estimate of drug-likeness (QED) is 0.304. The van der Waals surface area contributed by atoms with Crippen LogP contribution < -0.4 is 0 Å². The fraction of sp³-hybridized carbons (Fsp3) is 0. The Morgan fingerprint density at radius 3 is 1.70 bits per heavy atom. The smallest absolute Gasteiger partial charge is 0.0701 e. The number of benzene rings is 4. The van der Waals surface area contributed by atoms with Crippen LogP contribution in [0.2, 0.25) is 0 Å². The molecule has 158 valence electrons. The van der Waals surface area contributed by atoms with E-state index in [9.17, 15) is 0 Å². The second kappa shape index (κ2) is 9.80. The van der Waals surface area contributed by atoms with Gasteiger partial charge in [-0.3, -0.25) is 4.98 Å². The van der Waals surface area contributed by atoms with Crippen LogP contribution in [0.4, 0.5) is 0 Å². The molecule has 0 saturated carbocycles. The molecule has 0 aliphatic heterocycles. The zero-order valence-corrected chi connectivity index (χ0v) is 18.2. The molecule has 0 amide bonds. The largest absolute Gasteiger partial charge is 0.360 e. The van der Waals surface area contributed by atoms with E-state index < -0.39 is 0 Å². The van der Waals surface area contributed by atoms with Gasteiger partial charge < -0.3 is 4.98 Å². The summed E-state index contributed by atoms with van der Waals surface area (Å²) in [5, 5.41) is 1.20. The highest BCUT2D eigenvalue weighted by Crippen LogP contribution is 2.39. The fourth-order valence-electron chi connectivity index (χ4n) is 4.02. The van der Waals surface area contributed by atoms with Crippen LogP contribution in [0.5, 0.6) is 0 Å². The third kappa shape index (κ3) is 4.60. The van der Waals surface area contributed by atoms with Crippen molar-refractivity contribution in [3.8, 4) is 33.5 Å². The van der Waals surface area contributed by atoms with E-state index in [-0.39, 0.29) is 0 Å². The van der Waals surface area contributed by atoms with Crippen molar-refractivity contribution in [2.24, 2.45) is 0 Å². The number of nitrogens with zero attached hydrogens (tertiary/aromatic N) is 1. The summed E-state index contributed by atoms with van der Waals surface area (Å²) in [4.78, 5) is 7.67. The lowest BCUT2D eigenvalue weighted by molar-refractivity contribution is 1.40. The Balaban J connectivity index is 0.000000190. The third-order valence-corrected chi connectivity index (χ3v) is 5.60. The van der Waals surface area contributed by atoms with Gasteiger partial charge in [0.15, 0.2) is 0 Å². The maximum absolute atomic E-state index is 4.18. The highest BCUT2D eigenvalue weighted by molar-refractivity contribution is 5.93. The molecule has 0 saturated heterocycles. The van der Waals surface area contributed by atoms with Crippen molar-refractivity contribution in [3.05, 3.63) is 140 Å². The predicted molar refractivity (Wildman–Crippen MR) is 139 cm³/mol. The van der Waals surface area contributed by atoms with E-state index in [0.29, 0.717) is 0 Å². The first kappa shape index (κ1) is 20.5. The minimum Gasteiger partial charge on any atom is -0.360 e. The second-order valence-electron chi connectivity index (χ2n) is 7.75. The van der Waals surface area contributed by atoms with Crippen molar-refractivity contribution in [1.82, 2.24) is 9.97 Å². The highest BCUT2D eigenvalue weighted by Gasteiger charge is 2.15. The van der Waals surface area contributed by atoms with Crippen molar-refractivity contribution < 1.29 is 0 Å². The van der Waals surface area contributed by atoms with Crippen molar-refractivity contribution in [1.29, 1.82) is 0 Å². The molecule has 6 rings (SSSR count). The van der Waals surface area contributed by atoms with Crippen molar-refractivity contribution >= 4 is 10.9 Å². The number of hydrogen-bond acceptors (Lipinski definition) is 1. The Morgan fingerprint density at radius 2 is 1.03 bits per heavy atom. The minimum atomic E-state index is 1.06. The van der Waals surface area contributed by atoms with Gasteiger partial charge in [0.05, 0.1) is 11.2 Å². The maximum Gasteiger partial charge on any atom is 0.0701 e. The Kier molecular flexibility index (Phi) is 6.08. The van der Waals surface area contributed by atoms with Crippen LogP contribution in [-0.2, 0) is 0 Å². The van der Waals surface area contributed by atoms with Crippen LogP contribution in [0.1, 0.15) is 0 Å². The van der Waals surface area contributed by atoms with Crippen LogP contribution in [-0.4, -0.2) is 9.97 Å². The van der Waals surface area contributed by atoms with E-state index in [2.05, 4.69) is 113 Å². The molecule has 0 unspecified atom stereocenters. The Hall–Kier alpha value is -4.43. The monoisotopic (exact) mass is 424 g/mol. The Bertz CT molecular complexity index is 1310. The van der Waals surface area contributed by atoms with Gasteiger partial charge in [0, 0.05) is 28.9 Å². The molecule has 2 aromatic heterocycles. The Labute approximate surface area is 194 Å². The lowest BCUT2D eigenvalue weighted by atomic mass is 9.94. The first-order valence-corrected chi connectivity index (χ1v) is 11.1. The van der Waals surface area contributed by atoms with Crippen LogP contribution in [0, 0.1) is 0 Å². The summed E-state index contributed by atoms with van der Waals surface area (Å²) in [7, 11) is 0. The number of aromatic amines is 1.